The van der Waals surface area contributed by atoms with Crippen LogP contribution >= 0.6 is 0 Å². The second-order valence-electron chi connectivity index (χ2n) is 11.5. The van der Waals surface area contributed by atoms with E-state index in [4.69, 9.17) is 38.3 Å². The molecule has 13 nitrogen and oxygen atoms in total. The summed E-state index contributed by atoms with van der Waals surface area (Å²) in [6.07, 6.45) is -4.15. The Hall–Kier alpha value is -3.78. The molecule has 0 bridgehead atoms. The quantitative estimate of drug-likeness (QED) is 0.251. The van der Waals surface area contributed by atoms with Crippen molar-refractivity contribution in [3.05, 3.63) is 41.5 Å². The molecule has 0 amide bonds. The number of hydrogen-bond donors (Lipinski definition) is 4. The lowest BCUT2D eigenvalue weighted by Crippen LogP contribution is -2.60. The van der Waals surface area contributed by atoms with Gasteiger partial charge < -0.3 is 53.6 Å². The number of carbonyl (C=O) groups is 2. The van der Waals surface area contributed by atoms with Crippen LogP contribution in [0.4, 0.5) is 0 Å². The molecule has 44 heavy (non-hydrogen) atoms. The highest BCUT2D eigenvalue weighted by molar-refractivity contribution is 5.90. The van der Waals surface area contributed by atoms with Gasteiger partial charge in [-0.15, -0.1) is 0 Å². The van der Waals surface area contributed by atoms with E-state index in [0.29, 0.717) is 23.0 Å². The van der Waals surface area contributed by atoms with Gasteiger partial charge in [-0.3, -0.25) is 9.59 Å². The van der Waals surface area contributed by atoms with E-state index >= 15 is 0 Å². The topological polar surface area (TPSA) is 180 Å². The zero-order chi connectivity index (χ0) is 31.2. The van der Waals surface area contributed by atoms with Crippen molar-refractivity contribution in [1.29, 1.82) is 0 Å². The van der Waals surface area contributed by atoms with Gasteiger partial charge in [0.25, 0.3) is 0 Å². The van der Waals surface area contributed by atoms with E-state index in [9.17, 15) is 24.9 Å². The largest absolute Gasteiger partial charge is 0.493 e. The summed E-state index contributed by atoms with van der Waals surface area (Å²) in [6, 6.07) is 9.06. The molecule has 1 saturated carbocycles. The molecule has 4 N–H and O–H groups in total. The number of aliphatic carboxylic acids is 1. The fraction of sp³-hybridized carbons (Fsp3) is 0.548. The summed E-state index contributed by atoms with van der Waals surface area (Å²) < 4.78 is 41.1. The highest BCUT2D eigenvalue weighted by Crippen LogP contribution is 2.63. The molecule has 238 valence electrons. The van der Waals surface area contributed by atoms with Crippen LogP contribution in [0.25, 0.3) is 0 Å². The third kappa shape index (κ3) is 5.27. The van der Waals surface area contributed by atoms with Gasteiger partial charge in [0.05, 0.1) is 20.1 Å². The number of methoxy groups -OCH3 is 2. The number of fused-ring (bicyclic) bond motifs is 6. The van der Waals surface area contributed by atoms with Gasteiger partial charge in [-0.1, -0.05) is 12.5 Å². The first-order valence-electron chi connectivity index (χ1n) is 14.6. The number of carboxylic acids is 1. The summed E-state index contributed by atoms with van der Waals surface area (Å²) in [5.74, 6) is 0.0390. The number of benzene rings is 2. The molecule has 6 rings (SSSR count). The molecule has 7 atom stereocenters. The van der Waals surface area contributed by atoms with Gasteiger partial charge in [0, 0.05) is 17.2 Å². The molecule has 0 unspecified atom stereocenters. The summed E-state index contributed by atoms with van der Waals surface area (Å²) in [4.78, 5) is 22.4. The lowest BCUT2D eigenvalue weighted by Gasteiger charge is -2.47. The molecule has 4 aliphatic rings. The minimum atomic E-state index is -1.69. The first-order valence-corrected chi connectivity index (χ1v) is 14.6. The molecule has 3 heterocycles. The monoisotopic (exact) mass is 616 g/mol. The van der Waals surface area contributed by atoms with Crippen LogP contribution in [-0.2, 0) is 19.1 Å². The average molecular weight is 617 g/mol. The van der Waals surface area contributed by atoms with Gasteiger partial charge in [0.15, 0.2) is 11.5 Å². The first-order chi connectivity index (χ1) is 21.2. The van der Waals surface area contributed by atoms with Crippen molar-refractivity contribution in [3.8, 4) is 28.7 Å². The molecule has 1 aliphatic carbocycles. The molecule has 0 aromatic heterocycles. The Morgan fingerprint density at radius 2 is 1.70 bits per heavy atom. The zero-order valence-corrected chi connectivity index (χ0v) is 24.3. The van der Waals surface area contributed by atoms with Crippen molar-refractivity contribution < 1.29 is 63.2 Å². The number of hydrogen-bond acceptors (Lipinski definition) is 12. The molecule has 2 fully saturated rings. The number of carboxylic acid groups (broad SMARTS) is 1. The Kier molecular flexibility index (Phi) is 8.22. The summed E-state index contributed by atoms with van der Waals surface area (Å²) in [6.45, 7) is -0.554. The number of rotatable bonds is 8. The van der Waals surface area contributed by atoms with E-state index in [1.165, 1.54) is 0 Å². The lowest BCUT2D eigenvalue weighted by atomic mass is 9.68. The van der Waals surface area contributed by atoms with Gasteiger partial charge in [-0.05, 0) is 43.9 Å². The molecule has 1 spiro atoms. The molecule has 0 radical (unpaired) electrons. The molecular formula is C31H36O13. The van der Waals surface area contributed by atoms with Gasteiger partial charge in [0.2, 0.25) is 12.0 Å². The van der Waals surface area contributed by atoms with Crippen LogP contribution in [0.2, 0.25) is 0 Å². The van der Waals surface area contributed by atoms with E-state index in [2.05, 4.69) is 0 Å². The van der Waals surface area contributed by atoms with Gasteiger partial charge in [0.1, 0.15) is 60.6 Å². The van der Waals surface area contributed by atoms with Crippen molar-refractivity contribution >= 4 is 11.9 Å². The smallest absolute Gasteiger partial charge is 0.317 e. The zero-order valence-electron chi connectivity index (χ0n) is 24.3. The van der Waals surface area contributed by atoms with Crippen molar-refractivity contribution in [2.75, 3.05) is 20.8 Å². The summed E-state index contributed by atoms with van der Waals surface area (Å²) in [5.41, 5.74) is 1.27. The van der Waals surface area contributed by atoms with Crippen LogP contribution in [0.15, 0.2) is 30.3 Å². The van der Waals surface area contributed by atoms with Crippen molar-refractivity contribution in [2.24, 2.45) is 0 Å². The van der Waals surface area contributed by atoms with E-state index in [0.717, 1.165) is 43.2 Å². The first kappa shape index (κ1) is 30.3. The van der Waals surface area contributed by atoms with Crippen LogP contribution in [0.1, 0.15) is 61.7 Å². The van der Waals surface area contributed by atoms with Gasteiger partial charge in [-0.25, -0.2) is 0 Å². The highest BCUT2D eigenvalue weighted by Gasteiger charge is 2.56. The minimum absolute atomic E-state index is 0.0818. The average Bonchev–Trinajstić information content (AvgIpc) is 3.41. The fourth-order valence-corrected chi connectivity index (χ4v) is 6.83. The predicted molar refractivity (Wildman–Crippen MR) is 149 cm³/mol. The van der Waals surface area contributed by atoms with Crippen molar-refractivity contribution in [2.45, 2.75) is 86.9 Å². The van der Waals surface area contributed by atoms with Crippen LogP contribution in [0.5, 0.6) is 28.7 Å². The normalized spacial score (nSPS) is 29.7. The molecular weight excluding hydrogens is 580 g/mol. The maximum atomic E-state index is 11.7. The fourth-order valence-electron chi connectivity index (χ4n) is 6.83. The predicted octanol–water partition coefficient (Wildman–Crippen LogP) is 2.22. The Bertz CT molecular complexity index is 1400. The van der Waals surface area contributed by atoms with E-state index in [1.54, 1.807) is 26.4 Å². The molecule has 2 aromatic carbocycles. The lowest BCUT2D eigenvalue weighted by molar-refractivity contribution is -0.278. The maximum absolute atomic E-state index is 11.7. The number of esters is 1. The number of aliphatic hydroxyl groups excluding tert-OH is 3. The van der Waals surface area contributed by atoms with Crippen LogP contribution < -0.4 is 23.7 Å². The second-order valence-corrected chi connectivity index (χ2v) is 11.5. The van der Waals surface area contributed by atoms with Gasteiger partial charge >= 0.3 is 11.9 Å². The van der Waals surface area contributed by atoms with Gasteiger partial charge in [-0.2, -0.15) is 0 Å². The summed E-state index contributed by atoms with van der Waals surface area (Å²) in [7, 11) is 3.16. The maximum Gasteiger partial charge on any atom is 0.317 e. The van der Waals surface area contributed by atoms with E-state index in [-0.39, 0.29) is 17.8 Å². The van der Waals surface area contributed by atoms with E-state index in [1.807, 2.05) is 18.2 Å². The standard InChI is InChI=1S/C31H36O13/c1-38-18-9-8-17-23-27(43-28(17)29(18)39-2)16-7-6-15(12-19(16)44-31(23)10-4-3-5-11-31)41-30-26(37)25(36)24(35)20(42-30)14-40-22(34)13-21(32)33/h6-9,12,20,23-27,30,35-37H,3-5,10-11,13-14H2,1-2H3,(H,32,33)/t20-,23+,24-,25+,26-,27+,30-/m1/s1. The van der Waals surface area contributed by atoms with Crippen molar-refractivity contribution in [1.82, 2.24) is 0 Å². The molecule has 13 heteroatoms. The Labute approximate surface area is 253 Å². The molecule has 1 saturated heterocycles. The van der Waals surface area contributed by atoms with Crippen LogP contribution in [0.3, 0.4) is 0 Å². The molecule has 2 aromatic rings. The SMILES string of the molecule is COc1ccc2c(c1OC)O[C@H]1c3ccc(O[C@@H]4O[C@H](COC(=O)CC(=O)O)[C@@H](O)[C@H](O)[C@H]4O)cc3OC3(CCCCC3)[C@@H]21. The Morgan fingerprint density at radius 3 is 2.41 bits per heavy atom. The number of carbonyl (C=O) groups excluding carboxylic acids is 1. The third-order valence-electron chi connectivity index (χ3n) is 8.91. The summed E-state index contributed by atoms with van der Waals surface area (Å²) in [5, 5.41) is 40.2. The summed E-state index contributed by atoms with van der Waals surface area (Å²) >= 11 is 0. The van der Waals surface area contributed by atoms with Crippen molar-refractivity contribution in [3.63, 3.8) is 0 Å². The second kappa shape index (κ2) is 12.0. The van der Waals surface area contributed by atoms with Crippen LogP contribution in [-0.4, -0.2) is 89.5 Å². The minimum Gasteiger partial charge on any atom is -0.493 e. The molecule has 3 aliphatic heterocycles. The third-order valence-corrected chi connectivity index (χ3v) is 8.91. The van der Waals surface area contributed by atoms with E-state index < -0.39 is 61.3 Å². The Morgan fingerprint density at radius 1 is 0.955 bits per heavy atom. The highest BCUT2D eigenvalue weighted by atomic mass is 16.7. The number of ether oxygens (including phenoxy) is 7. The van der Waals surface area contributed by atoms with Crippen LogP contribution in [0, 0.1) is 0 Å². The number of aliphatic hydroxyl groups is 3. The Balaban J connectivity index is 1.27.